The second-order valence-corrected chi connectivity index (χ2v) is 11.3. The number of aryl methyl sites for hydroxylation is 1. The molecule has 0 saturated heterocycles. The highest BCUT2D eigenvalue weighted by Gasteiger charge is 2.31. The maximum absolute atomic E-state index is 15.3. The molecular formula is C39H27F5N4O5. The first-order valence-electron chi connectivity index (χ1n) is 15.7. The van der Waals surface area contributed by atoms with Crippen molar-refractivity contribution in [1.29, 1.82) is 0 Å². The molecule has 6 rings (SSSR count). The molecule has 2 aromatic heterocycles. The zero-order valence-electron chi connectivity index (χ0n) is 27.8. The summed E-state index contributed by atoms with van der Waals surface area (Å²) in [5, 5.41) is 5.74. The van der Waals surface area contributed by atoms with Crippen molar-refractivity contribution in [2.24, 2.45) is 0 Å². The number of carbonyl (C=O) groups is 2. The highest BCUT2D eigenvalue weighted by Crippen LogP contribution is 2.34. The molecule has 0 aliphatic heterocycles. The average molecular weight is 727 g/mol. The minimum atomic E-state index is -4.83. The number of methoxy groups -OCH3 is 1. The predicted octanol–water partition coefficient (Wildman–Crippen LogP) is 9.79. The van der Waals surface area contributed by atoms with Crippen LogP contribution >= 0.6 is 0 Å². The Kier molecular flexibility index (Phi) is 10.3. The molecule has 0 radical (unpaired) electrons. The number of rotatable bonds is 10. The van der Waals surface area contributed by atoms with Crippen LogP contribution < -0.4 is 20.1 Å². The van der Waals surface area contributed by atoms with Crippen LogP contribution in [0.2, 0.25) is 0 Å². The number of nitrogens with zero attached hydrogens (tertiary/aromatic N) is 2. The molecule has 53 heavy (non-hydrogen) atoms. The first-order valence-corrected chi connectivity index (χ1v) is 15.7. The van der Waals surface area contributed by atoms with Crippen molar-refractivity contribution in [1.82, 2.24) is 9.97 Å². The summed E-state index contributed by atoms with van der Waals surface area (Å²) < 4.78 is 82.5. The fourth-order valence-corrected chi connectivity index (χ4v) is 5.40. The predicted molar refractivity (Wildman–Crippen MR) is 186 cm³/mol. The van der Waals surface area contributed by atoms with E-state index in [4.69, 9.17) is 9.47 Å². The molecule has 0 amide bonds. The largest absolute Gasteiger partial charge is 0.573 e. The Bertz CT molecular complexity index is 2330. The van der Waals surface area contributed by atoms with Crippen LogP contribution in [-0.4, -0.2) is 35.4 Å². The molecule has 0 atom stereocenters. The third-order valence-corrected chi connectivity index (χ3v) is 7.82. The molecule has 0 unspecified atom stereocenters. The van der Waals surface area contributed by atoms with Gasteiger partial charge in [-0.25, -0.2) is 28.3 Å². The number of esters is 2. The van der Waals surface area contributed by atoms with Gasteiger partial charge in [0.15, 0.2) is 11.6 Å². The van der Waals surface area contributed by atoms with E-state index in [0.29, 0.717) is 22.4 Å². The lowest BCUT2D eigenvalue weighted by atomic mass is 10.00. The van der Waals surface area contributed by atoms with Gasteiger partial charge in [0.25, 0.3) is 0 Å². The lowest BCUT2D eigenvalue weighted by molar-refractivity contribution is -0.274. The number of ether oxygens (including phenoxy) is 3. The molecule has 14 heteroatoms. The topological polar surface area (TPSA) is 112 Å². The van der Waals surface area contributed by atoms with Crippen molar-refractivity contribution in [2.45, 2.75) is 13.3 Å². The summed E-state index contributed by atoms with van der Waals surface area (Å²) in [5.74, 6) is -3.99. The smallest absolute Gasteiger partial charge is 0.494 e. The standard InChI is InChI=1S/C39H27F5N4O5/c1-22-19-25(14-15-27(22)23-7-3-8-26(20-23)53-39(42,43)44)47-35-29(10-5-17-45-35)37(49)52-38(50)30-11-6-18-46-36(30)48-32-16-13-24(21-31(32)40)28-9-4-12-33(51-2)34(28)41/h3-21H,1-2H3,(H,45,47)(H,46,48). The van der Waals surface area contributed by atoms with Crippen LogP contribution in [0.4, 0.5) is 45.0 Å². The summed E-state index contributed by atoms with van der Waals surface area (Å²) in [6.45, 7) is 1.75. The maximum atomic E-state index is 15.3. The SMILES string of the molecule is COc1cccc(-c2ccc(Nc3ncccc3C(=O)OC(=O)c3cccnc3Nc3ccc(-c4cccc(OC(F)(F)F)c4)c(C)c3)c(F)c2)c1F. The van der Waals surface area contributed by atoms with Gasteiger partial charge in [0.1, 0.15) is 34.3 Å². The van der Waals surface area contributed by atoms with E-state index in [1.54, 1.807) is 37.3 Å². The molecule has 0 aliphatic rings. The van der Waals surface area contributed by atoms with Crippen molar-refractivity contribution in [3.8, 4) is 33.8 Å². The zero-order chi connectivity index (χ0) is 37.7. The van der Waals surface area contributed by atoms with E-state index in [1.807, 2.05) is 0 Å². The van der Waals surface area contributed by atoms with Gasteiger partial charge in [-0.15, -0.1) is 13.2 Å². The molecule has 0 aliphatic carbocycles. The Morgan fingerprint density at radius 3 is 2.00 bits per heavy atom. The number of aromatic nitrogens is 2. The molecule has 6 aromatic rings. The van der Waals surface area contributed by atoms with Crippen molar-refractivity contribution >= 4 is 34.9 Å². The Labute approximate surface area is 299 Å². The van der Waals surface area contributed by atoms with E-state index in [0.717, 1.165) is 6.07 Å². The zero-order valence-corrected chi connectivity index (χ0v) is 27.8. The average Bonchev–Trinajstić information content (AvgIpc) is 3.12. The van der Waals surface area contributed by atoms with E-state index < -0.39 is 29.9 Å². The molecule has 4 aromatic carbocycles. The maximum Gasteiger partial charge on any atom is 0.573 e. The molecule has 0 saturated carbocycles. The molecule has 0 spiro atoms. The van der Waals surface area contributed by atoms with Gasteiger partial charge in [-0.05, 0) is 95.9 Å². The fraction of sp³-hybridized carbons (Fsp3) is 0.0769. The Balaban J connectivity index is 1.17. The number of nitrogens with one attached hydrogen (secondary N) is 2. The Morgan fingerprint density at radius 2 is 1.36 bits per heavy atom. The number of halogens is 5. The van der Waals surface area contributed by atoms with Gasteiger partial charge in [0.2, 0.25) is 0 Å². The van der Waals surface area contributed by atoms with Crippen LogP contribution in [0, 0.1) is 18.6 Å². The van der Waals surface area contributed by atoms with Gasteiger partial charge in [-0.1, -0.05) is 36.4 Å². The van der Waals surface area contributed by atoms with Gasteiger partial charge in [0, 0.05) is 23.6 Å². The highest BCUT2D eigenvalue weighted by molar-refractivity contribution is 6.07. The van der Waals surface area contributed by atoms with Gasteiger partial charge >= 0.3 is 18.3 Å². The van der Waals surface area contributed by atoms with Gasteiger partial charge < -0.3 is 24.8 Å². The molecule has 0 fully saturated rings. The number of anilines is 4. The Hall–Kier alpha value is -6.83. The summed E-state index contributed by atoms with van der Waals surface area (Å²) in [6.07, 6.45) is -2.07. The van der Waals surface area contributed by atoms with E-state index in [9.17, 15) is 27.2 Å². The van der Waals surface area contributed by atoms with E-state index in [-0.39, 0.29) is 51.1 Å². The van der Waals surface area contributed by atoms with Crippen LogP contribution in [0.25, 0.3) is 22.3 Å². The fourth-order valence-electron chi connectivity index (χ4n) is 5.40. The van der Waals surface area contributed by atoms with Gasteiger partial charge in [0.05, 0.1) is 12.8 Å². The lowest BCUT2D eigenvalue weighted by Gasteiger charge is -2.14. The minimum Gasteiger partial charge on any atom is -0.494 e. The van der Waals surface area contributed by atoms with Crippen LogP contribution in [0.3, 0.4) is 0 Å². The molecule has 2 heterocycles. The first kappa shape index (κ1) is 36.0. The first-order chi connectivity index (χ1) is 25.4. The number of alkyl halides is 3. The quantitative estimate of drug-likeness (QED) is 0.0810. The molecule has 2 N–H and O–H groups in total. The number of benzene rings is 4. The van der Waals surface area contributed by atoms with E-state index >= 15 is 4.39 Å². The normalized spacial score (nSPS) is 11.1. The van der Waals surface area contributed by atoms with Gasteiger partial charge in [-0.2, -0.15) is 0 Å². The molecular weight excluding hydrogens is 699 g/mol. The second-order valence-electron chi connectivity index (χ2n) is 11.3. The molecule has 9 nitrogen and oxygen atoms in total. The highest BCUT2D eigenvalue weighted by atomic mass is 19.4. The van der Waals surface area contributed by atoms with Crippen LogP contribution in [0.5, 0.6) is 11.5 Å². The number of pyridine rings is 2. The van der Waals surface area contributed by atoms with Crippen molar-refractivity contribution in [2.75, 3.05) is 17.7 Å². The monoisotopic (exact) mass is 726 g/mol. The molecule has 268 valence electrons. The third-order valence-electron chi connectivity index (χ3n) is 7.82. The van der Waals surface area contributed by atoms with E-state index in [2.05, 4.69) is 25.3 Å². The summed E-state index contributed by atoms with van der Waals surface area (Å²) >= 11 is 0. The summed E-state index contributed by atoms with van der Waals surface area (Å²) in [5.41, 5.74) is 2.29. The third kappa shape index (κ3) is 8.39. The van der Waals surface area contributed by atoms with E-state index in [1.165, 1.54) is 86.2 Å². The van der Waals surface area contributed by atoms with Crippen LogP contribution in [-0.2, 0) is 4.74 Å². The van der Waals surface area contributed by atoms with Crippen LogP contribution in [0.15, 0.2) is 116 Å². The minimum absolute atomic E-state index is 0.000629. The summed E-state index contributed by atoms with van der Waals surface area (Å²) in [4.78, 5) is 34.9. The van der Waals surface area contributed by atoms with Gasteiger partial charge in [-0.3, -0.25) is 0 Å². The number of hydrogen-bond acceptors (Lipinski definition) is 9. The van der Waals surface area contributed by atoms with Crippen molar-refractivity contribution < 1.29 is 45.8 Å². The lowest BCUT2D eigenvalue weighted by Crippen LogP contribution is -2.17. The van der Waals surface area contributed by atoms with Crippen molar-refractivity contribution in [3.05, 3.63) is 144 Å². The summed E-state index contributed by atoms with van der Waals surface area (Å²) in [6, 6.07) is 24.6. The van der Waals surface area contributed by atoms with Crippen LogP contribution in [0.1, 0.15) is 26.3 Å². The summed E-state index contributed by atoms with van der Waals surface area (Å²) in [7, 11) is 1.32. The van der Waals surface area contributed by atoms with Crippen molar-refractivity contribution in [3.63, 3.8) is 0 Å². The second kappa shape index (κ2) is 15.2. The molecule has 0 bridgehead atoms. The number of hydrogen-bond donors (Lipinski definition) is 2. The number of carbonyl (C=O) groups excluding carboxylic acids is 2. The Morgan fingerprint density at radius 1 is 0.698 bits per heavy atom.